The Morgan fingerprint density at radius 2 is 1.96 bits per heavy atom. The average molecular weight is 342 g/mol. The van der Waals surface area contributed by atoms with Crippen LogP contribution < -0.4 is 14.2 Å². The quantitative estimate of drug-likeness (QED) is 0.861. The molecule has 2 aromatic rings. The first-order valence-electron chi connectivity index (χ1n) is 8.08. The van der Waals surface area contributed by atoms with Crippen molar-refractivity contribution in [3.63, 3.8) is 0 Å². The van der Waals surface area contributed by atoms with Gasteiger partial charge in [0.05, 0.1) is 19.6 Å². The lowest BCUT2D eigenvalue weighted by Crippen LogP contribution is -2.17. The van der Waals surface area contributed by atoms with Crippen LogP contribution in [0.15, 0.2) is 36.4 Å². The molecule has 1 fully saturated rings. The van der Waals surface area contributed by atoms with Crippen LogP contribution >= 0.6 is 0 Å². The highest BCUT2D eigenvalue weighted by molar-refractivity contribution is 5.76. The fourth-order valence-corrected chi connectivity index (χ4v) is 3.36. The van der Waals surface area contributed by atoms with Gasteiger partial charge in [-0.1, -0.05) is 12.1 Å². The van der Waals surface area contributed by atoms with Crippen molar-refractivity contribution < 1.29 is 28.8 Å². The molecule has 2 aliphatic heterocycles. The molecule has 6 nitrogen and oxygen atoms in total. The van der Waals surface area contributed by atoms with E-state index in [1.165, 1.54) is 7.11 Å². The first-order chi connectivity index (χ1) is 12.2. The van der Waals surface area contributed by atoms with E-state index < -0.39 is 0 Å². The lowest BCUT2D eigenvalue weighted by molar-refractivity contribution is -0.141. The number of methoxy groups -OCH3 is 1. The van der Waals surface area contributed by atoms with Crippen LogP contribution in [0.3, 0.4) is 0 Å². The number of cyclic esters (lactones) is 1. The third-order valence-electron chi connectivity index (χ3n) is 4.72. The van der Waals surface area contributed by atoms with E-state index in [1.54, 1.807) is 18.2 Å². The average Bonchev–Trinajstić information content (AvgIpc) is 3.23. The highest BCUT2D eigenvalue weighted by Crippen LogP contribution is 2.40. The number of carbonyl (C=O) groups is 1. The molecule has 0 bridgehead atoms. The summed E-state index contributed by atoms with van der Waals surface area (Å²) in [6, 6.07) is 10.8. The molecule has 0 aliphatic carbocycles. The highest BCUT2D eigenvalue weighted by atomic mass is 16.7. The maximum atomic E-state index is 12.3. The first kappa shape index (κ1) is 15.6. The molecule has 2 aliphatic rings. The third kappa shape index (κ3) is 2.84. The van der Waals surface area contributed by atoms with Gasteiger partial charge >= 0.3 is 5.97 Å². The van der Waals surface area contributed by atoms with Gasteiger partial charge in [0, 0.05) is 5.92 Å². The van der Waals surface area contributed by atoms with Crippen molar-refractivity contribution in [3.8, 4) is 23.0 Å². The number of fused-ring (bicyclic) bond motifs is 1. The van der Waals surface area contributed by atoms with Crippen LogP contribution in [-0.4, -0.2) is 31.6 Å². The summed E-state index contributed by atoms with van der Waals surface area (Å²) in [7, 11) is 1.50. The number of aromatic hydroxyl groups is 1. The maximum Gasteiger partial charge on any atom is 0.310 e. The Balaban J connectivity index is 1.60. The zero-order chi connectivity index (χ0) is 17.4. The molecule has 0 aromatic heterocycles. The second-order valence-electron chi connectivity index (χ2n) is 6.17. The molecule has 25 heavy (non-hydrogen) atoms. The van der Waals surface area contributed by atoms with E-state index in [0.29, 0.717) is 30.3 Å². The molecule has 0 spiro atoms. The molecule has 1 N–H and O–H groups in total. The second-order valence-corrected chi connectivity index (χ2v) is 6.17. The van der Waals surface area contributed by atoms with Crippen molar-refractivity contribution >= 4 is 5.97 Å². The molecule has 4 rings (SSSR count). The molecule has 2 heterocycles. The van der Waals surface area contributed by atoms with E-state index in [2.05, 4.69) is 0 Å². The van der Waals surface area contributed by atoms with Gasteiger partial charge in [0.2, 0.25) is 6.79 Å². The summed E-state index contributed by atoms with van der Waals surface area (Å²) in [6.07, 6.45) is 0.509. The summed E-state index contributed by atoms with van der Waals surface area (Å²) in [6.45, 7) is 0.563. The Morgan fingerprint density at radius 1 is 1.12 bits per heavy atom. The first-order valence-corrected chi connectivity index (χ1v) is 8.08. The predicted octanol–water partition coefficient (Wildman–Crippen LogP) is 2.63. The standard InChI is InChI=1S/C19H18O6/c1-22-17-7-11(2-4-15(17)20)6-13-14(9-23-19(13)21)12-3-5-16-18(8-12)25-10-24-16/h2-5,7-8,13-14,20H,6,9-10H2,1H3/t13-,14+/m0/s1. The zero-order valence-corrected chi connectivity index (χ0v) is 13.7. The minimum atomic E-state index is -0.297. The lowest BCUT2D eigenvalue weighted by Gasteiger charge is -2.16. The van der Waals surface area contributed by atoms with Crippen LogP contribution in [0.4, 0.5) is 0 Å². The van der Waals surface area contributed by atoms with E-state index in [4.69, 9.17) is 18.9 Å². The van der Waals surface area contributed by atoms with Crippen LogP contribution in [-0.2, 0) is 16.0 Å². The van der Waals surface area contributed by atoms with E-state index in [1.807, 2.05) is 18.2 Å². The Hall–Kier alpha value is -2.89. The zero-order valence-electron chi connectivity index (χ0n) is 13.7. The molecular formula is C19H18O6. The highest BCUT2D eigenvalue weighted by Gasteiger charge is 2.38. The van der Waals surface area contributed by atoms with Crippen molar-refractivity contribution in [1.29, 1.82) is 0 Å². The van der Waals surface area contributed by atoms with Crippen LogP contribution in [0.1, 0.15) is 17.0 Å². The molecule has 2 atom stereocenters. The van der Waals surface area contributed by atoms with Crippen LogP contribution in [0.25, 0.3) is 0 Å². The number of esters is 1. The third-order valence-corrected chi connectivity index (χ3v) is 4.72. The SMILES string of the molecule is COc1cc(C[C@@H]2C(=O)OC[C@@H]2c2ccc3c(c2)OCO3)ccc1O. The number of benzene rings is 2. The van der Waals surface area contributed by atoms with E-state index in [0.717, 1.165) is 11.1 Å². The molecule has 0 saturated carbocycles. The van der Waals surface area contributed by atoms with E-state index in [9.17, 15) is 9.90 Å². The number of hydrogen-bond donors (Lipinski definition) is 1. The van der Waals surface area contributed by atoms with E-state index >= 15 is 0 Å². The van der Waals surface area contributed by atoms with Crippen molar-refractivity contribution in [3.05, 3.63) is 47.5 Å². The predicted molar refractivity (Wildman–Crippen MR) is 88.1 cm³/mol. The van der Waals surface area contributed by atoms with Crippen LogP contribution in [0.2, 0.25) is 0 Å². The van der Waals surface area contributed by atoms with E-state index in [-0.39, 0.29) is 30.3 Å². The number of rotatable bonds is 4. The van der Waals surface area contributed by atoms with Crippen molar-refractivity contribution in [1.82, 2.24) is 0 Å². The van der Waals surface area contributed by atoms with Gasteiger partial charge in [-0.25, -0.2) is 0 Å². The van der Waals surface area contributed by atoms with Gasteiger partial charge in [-0.05, 0) is 41.8 Å². The summed E-state index contributed by atoms with van der Waals surface area (Å²) >= 11 is 0. The number of ether oxygens (including phenoxy) is 4. The molecule has 1 saturated heterocycles. The Kier molecular flexibility index (Phi) is 3.87. The topological polar surface area (TPSA) is 74.2 Å². The smallest absolute Gasteiger partial charge is 0.310 e. The van der Waals surface area contributed by atoms with Crippen molar-refractivity contribution in [2.45, 2.75) is 12.3 Å². The van der Waals surface area contributed by atoms with Gasteiger partial charge in [-0.3, -0.25) is 4.79 Å². The second kappa shape index (κ2) is 6.20. The molecule has 0 unspecified atom stereocenters. The van der Waals surface area contributed by atoms with Gasteiger partial charge in [-0.2, -0.15) is 0 Å². The summed E-state index contributed by atoms with van der Waals surface area (Å²) < 4.78 is 21.2. The largest absolute Gasteiger partial charge is 0.504 e. The summed E-state index contributed by atoms with van der Waals surface area (Å²) in [5.41, 5.74) is 1.90. The minimum Gasteiger partial charge on any atom is -0.504 e. The Morgan fingerprint density at radius 3 is 2.80 bits per heavy atom. The normalized spacial score (nSPS) is 21.2. The maximum absolute atomic E-state index is 12.3. The van der Waals surface area contributed by atoms with Gasteiger partial charge in [0.1, 0.15) is 0 Å². The van der Waals surface area contributed by atoms with Gasteiger partial charge in [0.25, 0.3) is 0 Å². The number of phenolic OH excluding ortho intramolecular Hbond substituents is 1. The van der Waals surface area contributed by atoms with Crippen molar-refractivity contribution in [2.75, 3.05) is 20.5 Å². The molecule has 2 aromatic carbocycles. The summed E-state index contributed by atoms with van der Waals surface area (Å²) in [5.74, 6) is 1.32. The van der Waals surface area contributed by atoms with Crippen LogP contribution in [0, 0.1) is 5.92 Å². The molecular weight excluding hydrogens is 324 g/mol. The van der Waals surface area contributed by atoms with Crippen molar-refractivity contribution in [2.24, 2.45) is 5.92 Å². The number of carbonyl (C=O) groups excluding carboxylic acids is 1. The molecule has 0 radical (unpaired) electrons. The fourth-order valence-electron chi connectivity index (χ4n) is 3.36. The molecule has 130 valence electrons. The Labute approximate surface area is 144 Å². The Bertz CT molecular complexity index is 816. The lowest BCUT2D eigenvalue weighted by atomic mass is 9.84. The summed E-state index contributed by atoms with van der Waals surface area (Å²) in [4.78, 5) is 12.3. The van der Waals surface area contributed by atoms with Gasteiger partial charge in [-0.15, -0.1) is 0 Å². The number of phenols is 1. The van der Waals surface area contributed by atoms with Crippen LogP contribution in [0.5, 0.6) is 23.0 Å². The van der Waals surface area contributed by atoms with Gasteiger partial charge < -0.3 is 24.1 Å². The molecule has 6 heteroatoms. The number of hydrogen-bond acceptors (Lipinski definition) is 6. The van der Waals surface area contributed by atoms with Gasteiger partial charge in [0.15, 0.2) is 23.0 Å². The monoisotopic (exact) mass is 342 g/mol. The fraction of sp³-hybridized carbons (Fsp3) is 0.316. The minimum absolute atomic E-state index is 0.0539. The molecule has 0 amide bonds. The summed E-state index contributed by atoms with van der Waals surface area (Å²) in [5, 5.41) is 9.73.